The molecular formula is C23H20F2N4O4. The van der Waals surface area contributed by atoms with Gasteiger partial charge in [0.25, 0.3) is 5.56 Å². The van der Waals surface area contributed by atoms with Gasteiger partial charge in [0, 0.05) is 23.1 Å². The number of nitrogens with zero attached hydrogens (tertiary/aromatic N) is 3. The predicted molar refractivity (Wildman–Crippen MR) is 119 cm³/mol. The molecule has 0 amide bonds. The molecule has 0 saturated heterocycles. The van der Waals surface area contributed by atoms with E-state index in [9.17, 15) is 23.8 Å². The molecule has 4 rings (SSSR count). The predicted octanol–water partition coefficient (Wildman–Crippen LogP) is 2.50. The number of benzene rings is 2. The Labute approximate surface area is 186 Å². The summed E-state index contributed by atoms with van der Waals surface area (Å²) in [4.78, 5) is 21.7. The zero-order chi connectivity index (χ0) is 23.5. The normalized spacial score (nSPS) is 11.2. The van der Waals surface area contributed by atoms with Crippen molar-refractivity contribution in [2.45, 2.75) is 6.04 Å². The molecule has 0 aliphatic rings. The Balaban J connectivity index is 2.08. The van der Waals surface area contributed by atoms with Crippen LogP contribution in [0.15, 0.2) is 59.4 Å². The van der Waals surface area contributed by atoms with Crippen LogP contribution >= 0.6 is 0 Å². The second-order valence-corrected chi connectivity index (χ2v) is 7.14. The molecule has 3 N–H and O–H groups in total. The van der Waals surface area contributed by atoms with E-state index >= 15 is 0 Å². The van der Waals surface area contributed by atoms with E-state index in [1.807, 2.05) is 0 Å². The molecule has 0 atom stereocenters. The van der Waals surface area contributed by atoms with E-state index < -0.39 is 36.4 Å². The molecule has 33 heavy (non-hydrogen) atoms. The lowest BCUT2D eigenvalue weighted by atomic mass is 10.1. The van der Waals surface area contributed by atoms with Crippen LogP contribution in [-0.2, 0) is 0 Å². The summed E-state index contributed by atoms with van der Waals surface area (Å²) < 4.78 is 34.6. The van der Waals surface area contributed by atoms with Gasteiger partial charge in [-0.25, -0.2) is 13.8 Å². The first-order valence-corrected chi connectivity index (χ1v) is 9.97. The zero-order valence-corrected chi connectivity index (χ0v) is 17.5. The van der Waals surface area contributed by atoms with Crippen molar-refractivity contribution in [1.82, 2.24) is 14.5 Å². The number of pyridine rings is 1. The summed E-state index contributed by atoms with van der Waals surface area (Å²) in [6.45, 7) is -0.813. The maximum absolute atomic E-state index is 14.7. The van der Waals surface area contributed by atoms with E-state index in [-0.39, 0.29) is 17.3 Å². The van der Waals surface area contributed by atoms with E-state index in [0.717, 1.165) is 16.7 Å². The first-order chi connectivity index (χ1) is 16.0. The van der Waals surface area contributed by atoms with Crippen molar-refractivity contribution in [3.63, 3.8) is 0 Å². The summed E-state index contributed by atoms with van der Waals surface area (Å²) in [6, 6.07) is 11.9. The largest absolute Gasteiger partial charge is 0.496 e. The maximum atomic E-state index is 14.7. The molecule has 10 heteroatoms. The van der Waals surface area contributed by atoms with Gasteiger partial charge >= 0.3 is 0 Å². The van der Waals surface area contributed by atoms with Crippen molar-refractivity contribution in [3.8, 4) is 22.7 Å². The number of methoxy groups -OCH3 is 1. The minimum Gasteiger partial charge on any atom is -0.496 e. The molecule has 0 aliphatic heterocycles. The second-order valence-electron chi connectivity index (χ2n) is 7.14. The zero-order valence-electron chi connectivity index (χ0n) is 17.5. The molecule has 4 aromatic rings. The van der Waals surface area contributed by atoms with E-state index in [4.69, 9.17) is 4.74 Å². The van der Waals surface area contributed by atoms with Crippen molar-refractivity contribution in [1.29, 1.82) is 0 Å². The number of para-hydroxylation sites is 1. The number of nitrogens with one attached hydrogen (secondary N) is 1. The Morgan fingerprint density at radius 2 is 1.82 bits per heavy atom. The molecule has 0 unspecified atom stereocenters. The second kappa shape index (κ2) is 9.31. The minimum absolute atomic E-state index is 0.0154. The smallest absolute Gasteiger partial charge is 0.256 e. The molecule has 170 valence electrons. The highest BCUT2D eigenvalue weighted by atomic mass is 19.1. The third-order valence-corrected chi connectivity index (χ3v) is 5.04. The average Bonchev–Trinajstić information content (AvgIpc) is 2.82. The number of ether oxygens (including phenoxy) is 1. The number of aliphatic hydroxyl groups excluding tert-OH is 2. The van der Waals surface area contributed by atoms with Crippen LogP contribution in [-0.4, -0.2) is 51.1 Å². The van der Waals surface area contributed by atoms with Gasteiger partial charge in [0.2, 0.25) is 5.95 Å². The standard InChI is InChI=1S/C23H20F2N4O4/c1-33-19-5-3-2-4-15(19)21-16-7-9-20(32)29(18-8-6-13(24)10-17(18)25)22(16)28-23(27-21)26-14(11-30)12-31/h2-10,14,30-31H,11-12H2,1H3,(H,26,27,28). The quantitative estimate of drug-likeness (QED) is 0.394. The highest BCUT2D eigenvalue weighted by molar-refractivity contribution is 5.93. The Morgan fingerprint density at radius 1 is 1.06 bits per heavy atom. The fourth-order valence-corrected chi connectivity index (χ4v) is 3.45. The third kappa shape index (κ3) is 4.26. The van der Waals surface area contributed by atoms with Gasteiger partial charge in [-0.2, -0.15) is 4.98 Å². The summed E-state index contributed by atoms with van der Waals surface area (Å²) in [5.41, 5.74) is 0.199. The molecular weight excluding hydrogens is 434 g/mol. The number of rotatable bonds is 7. The molecule has 0 saturated carbocycles. The lowest BCUT2D eigenvalue weighted by Crippen LogP contribution is -2.29. The fraction of sp³-hybridized carbons (Fsp3) is 0.174. The van der Waals surface area contributed by atoms with Gasteiger partial charge in [-0.3, -0.25) is 9.36 Å². The Hall–Kier alpha value is -3.89. The van der Waals surface area contributed by atoms with Crippen LogP contribution in [0.25, 0.3) is 28.0 Å². The van der Waals surface area contributed by atoms with E-state index in [2.05, 4.69) is 15.3 Å². The summed E-state index contributed by atoms with van der Waals surface area (Å²) in [7, 11) is 1.50. The van der Waals surface area contributed by atoms with Crippen LogP contribution in [0, 0.1) is 11.6 Å². The molecule has 0 spiro atoms. The van der Waals surface area contributed by atoms with Gasteiger partial charge in [0.15, 0.2) is 5.65 Å². The minimum atomic E-state index is -0.944. The monoisotopic (exact) mass is 454 g/mol. The van der Waals surface area contributed by atoms with E-state index in [1.54, 1.807) is 24.3 Å². The maximum Gasteiger partial charge on any atom is 0.256 e. The number of aromatic nitrogens is 3. The van der Waals surface area contributed by atoms with Gasteiger partial charge in [0.05, 0.1) is 37.7 Å². The number of hydrogen-bond acceptors (Lipinski definition) is 7. The first kappa shape index (κ1) is 22.3. The Kier molecular flexibility index (Phi) is 6.29. The van der Waals surface area contributed by atoms with Crippen LogP contribution in [0.2, 0.25) is 0 Å². The van der Waals surface area contributed by atoms with Crippen LogP contribution in [0.1, 0.15) is 0 Å². The highest BCUT2D eigenvalue weighted by Crippen LogP contribution is 2.34. The lowest BCUT2D eigenvalue weighted by molar-refractivity contribution is 0.203. The van der Waals surface area contributed by atoms with E-state index in [0.29, 0.717) is 28.5 Å². The van der Waals surface area contributed by atoms with Crippen molar-refractivity contribution >= 4 is 17.0 Å². The topological polar surface area (TPSA) is 110 Å². The van der Waals surface area contributed by atoms with Crippen molar-refractivity contribution in [3.05, 3.63) is 76.6 Å². The van der Waals surface area contributed by atoms with Gasteiger partial charge in [-0.1, -0.05) is 12.1 Å². The first-order valence-electron chi connectivity index (χ1n) is 9.97. The lowest BCUT2D eigenvalue weighted by Gasteiger charge is -2.18. The number of halogens is 2. The number of fused-ring (bicyclic) bond motifs is 1. The molecule has 8 nitrogen and oxygen atoms in total. The van der Waals surface area contributed by atoms with Crippen molar-refractivity contribution in [2.24, 2.45) is 0 Å². The summed E-state index contributed by atoms with van der Waals surface area (Å²) in [5, 5.41) is 22.1. The van der Waals surface area contributed by atoms with Crippen molar-refractivity contribution in [2.75, 3.05) is 25.6 Å². The highest BCUT2D eigenvalue weighted by Gasteiger charge is 2.20. The molecule has 2 aromatic carbocycles. The fourth-order valence-electron chi connectivity index (χ4n) is 3.45. The average molecular weight is 454 g/mol. The molecule has 2 heterocycles. The van der Waals surface area contributed by atoms with Crippen LogP contribution in [0.5, 0.6) is 5.75 Å². The summed E-state index contributed by atoms with van der Waals surface area (Å²) >= 11 is 0. The van der Waals surface area contributed by atoms with Crippen LogP contribution in [0.4, 0.5) is 14.7 Å². The van der Waals surface area contributed by atoms with Crippen molar-refractivity contribution < 1.29 is 23.7 Å². The Morgan fingerprint density at radius 3 is 2.52 bits per heavy atom. The molecule has 0 aliphatic carbocycles. The molecule has 0 fully saturated rings. The number of hydrogen-bond donors (Lipinski definition) is 3. The summed E-state index contributed by atoms with van der Waals surface area (Å²) in [5.74, 6) is -1.25. The molecule has 0 bridgehead atoms. The van der Waals surface area contributed by atoms with Gasteiger partial charge in [-0.15, -0.1) is 0 Å². The Bertz CT molecular complexity index is 1370. The summed E-state index contributed by atoms with van der Waals surface area (Å²) in [6.07, 6.45) is 0. The number of aliphatic hydroxyl groups is 2. The molecule has 2 aromatic heterocycles. The van der Waals surface area contributed by atoms with Gasteiger partial charge < -0.3 is 20.3 Å². The number of anilines is 1. The SMILES string of the molecule is COc1ccccc1-c1nc(NC(CO)CO)nc2c1ccc(=O)n2-c1ccc(F)cc1F. The van der Waals surface area contributed by atoms with E-state index in [1.165, 1.54) is 19.2 Å². The van der Waals surface area contributed by atoms with Gasteiger partial charge in [-0.05, 0) is 30.3 Å². The van der Waals surface area contributed by atoms with Crippen LogP contribution < -0.4 is 15.6 Å². The van der Waals surface area contributed by atoms with Crippen LogP contribution in [0.3, 0.4) is 0 Å². The third-order valence-electron chi connectivity index (χ3n) is 5.04. The molecule has 0 radical (unpaired) electrons. The van der Waals surface area contributed by atoms with Gasteiger partial charge in [0.1, 0.15) is 17.4 Å².